The van der Waals surface area contributed by atoms with Crippen LogP contribution in [0, 0.1) is 10.1 Å². The number of nitro benzene ring substituents is 1. The molecule has 1 amide bonds. The number of halogens is 1. The Morgan fingerprint density at radius 3 is 2.78 bits per heavy atom. The van der Waals surface area contributed by atoms with Gasteiger partial charge in [-0.1, -0.05) is 22.0 Å². The number of amides is 1. The van der Waals surface area contributed by atoms with Gasteiger partial charge >= 0.3 is 0 Å². The molecule has 2 aromatic carbocycles. The van der Waals surface area contributed by atoms with Crippen molar-refractivity contribution in [2.24, 2.45) is 0 Å². The summed E-state index contributed by atoms with van der Waals surface area (Å²) >= 11 is 3.35. The van der Waals surface area contributed by atoms with E-state index in [1.165, 1.54) is 19.2 Å². The first-order chi connectivity index (χ1) is 11.0. The lowest BCUT2D eigenvalue weighted by molar-refractivity contribution is -0.384. The largest absolute Gasteiger partial charge is 0.496 e. The molecule has 118 valence electrons. The number of rotatable bonds is 3. The summed E-state index contributed by atoms with van der Waals surface area (Å²) in [6, 6.07) is 9.81. The van der Waals surface area contributed by atoms with Gasteiger partial charge in [0.1, 0.15) is 5.75 Å². The highest BCUT2D eigenvalue weighted by atomic mass is 79.9. The third-order valence-electron chi connectivity index (χ3n) is 3.81. The minimum Gasteiger partial charge on any atom is -0.496 e. The monoisotopic (exact) mass is 376 g/mol. The maximum absolute atomic E-state index is 12.9. The van der Waals surface area contributed by atoms with Crippen molar-refractivity contribution in [2.45, 2.75) is 6.42 Å². The topological polar surface area (TPSA) is 72.7 Å². The van der Waals surface area contributed by atoms with Crippen molar-refractivity contribution in [1.82, 2.24) is 0 Å². The lowest BCUT2D eigenvalue weighted by Crippen LogP contribution is -2.29. The standard InChI is InChI=1S/C16H13BrN2O4/c1-23-15-5-3-11(17)8-13(15)16(20)18-7-6-10-2-4-12(19(21)22)9-14(10)18/h2-5,8-9H,6-7H2,1H3. The summed E-state index contributed by atoms with van der Waals surface area (Å²) in [4.78, 5) is 25.0. The number of hydrogen-bond donors (Lipinski definition) is 0. The van der Waals surface area contributed by atoms with Crippen molar-refractivity contribution >= 4 is 33.2 Å². The number of methoxy groups -OCH3 is 1. The van der Waals surface area contributed by atoms with Gasteiger partial charge in [-0.3, -0.25) is 14.9 Å². The van der Waals surface area contributed by atoms with Gasteiger partial charge < -0.3 is 9.64 Å². The van der Waals surface area contributed by atoms with Crippen molar-refractivity contribution in [2.75, 3.05) is 18.6 Å². The fourth-order valence-electron chi connectivity index (χ4n) is 2.68. The minimum absolute atomic E-state index is 0.0235. The van der Waals surface area contributed by atoms with E-state index in [9.17, 15) is 14.9 Å². The summed E-state index contributed by atoms with van der Waals surface area (Å²) in [5.74, 6) is 0.236. The number of nitrogens with zero attached hydrogens (tertiary/aromatic N) is 2. The predicted molar refractivity (Wildman–Crippen MR) is 89.2 cm³/mol. The van der Waals surface area contributed by atoms with Crippen LogP contribution >= 0.6 is 15.9 Å². The lowest BCUT2D eigenvalue weighted by Gasteiger charge is -2.19. The molecule has 1 heterocycles. The number of carbonyl (C=O) groups is 1. The Balaban J connectivity index is 2.02. The molecule has 0 bridgehead atoms. The van der Waals surface area contributed by atoms with Crippen LogP contribution in [-0.2, 0) is 6.42 Å². The van der Waals surface area contributed by atoms with Gasteiger partial charge in [0.2, 0.25) is 0 Å². The van der Waals surface area contributed by atoms with E-state index in [2.05, 4.69) is 15.9 Å². The minimum atomic E-state index is -0.457. The van der Waals surface area contributed by atoms with E-state index in [0.717, 1.165) is 10.0 Å². The molecular weight excluding hydrogens is 364 g/mol. The van der Waals surface area contributed by atoms with Crippen LogP contribution in [0.4, 0.5) is 11.4 Å². The van der Waals surface area contributed by atoms with Gasteiger partial charge in [0, 0.05) is 23.2 Å². The molecule has 0 fully saturated rings. The quantitative estimate of drug-likeness (QED) is 0.606. The van der Waals surface area contributed by atoms with Crippen LogP contribution in [0.15, 0.2) is 40.9 Å². The lowest BCUT2D eigenvalue weighted by atomic mass is 10.1. The van der Waals surface area contributed by atoms with Crippen molar-refractivity contribution in [3.63, 3.8) is 0 Å². The molecule has 2 aromatic rings. The Hall–Kier alpha value is -2.41. The van der Waals surface area contributed by atoms with E-state index in [0.29, 0.717) is 30.0 Å². The highest BCUT2D eigenvalue weighted by Gasteiger charge is 2.29. The Morgan fingerprint density at radius 1 is 1.30 bits per heavy atom. The second-order valence-corrected chi connectivity index (χ2v) is 6.04. The number of benzene rings is 2. The Kier molecular flexibility index (Phi) is 4.04. The molecule has 0 aromatic heterocycles. The molecule has 23 heavy (non-hydrogen) atoms. The number of anilines is 1. The second kappa shape index (κ2) is 6.00. The summed E-state index contributed by atoms with van der Waals surface area (Å²) in [6.07, 6.45) is 0.676. The molecule has 0 saturated carbocycles. The van der Waals surface area contributed by atoms with E-state index in [-0.39, 0.29) is 11.6 Å². The summed E-state index contributed by atoms with van der Waals surface area (Å²) in [5, 5.41) is 11.0. The Bertz CT molecular complexity index is 807. The number of hydrogen-bond acceptors (Lipinski definition) is 4. The van der Waals surface area contributed by atoms with Gasteiger partial charge in [-0.05, 0) is 30.2 Å². The van der Waals surface area contributed by atoms with Crippen LogP contribution in [0.2, 0.25) is 0 Å². The number of nitro groups is 1. The number of fused-ring (bicyclic) bond motifs is 1. The van der Waals surface area contributed by atoms with Gasteiger partial charge in [-0.2, -0.15) is 0 Å². The van der Waals surface area contributed by atoms with E-state index in [4.69, 9.17) is 4.74 Å². The van der Waals surface area contributed by atoms with Gasteiger partial charge in [0.25, 0.3) is 11.6 Å². The van der Waals surface area contributed by atoms with Gasteiger partial charge in [-0.15, -0.1) is 0 Å². The fourth-order valence-corrected chi connectivity index (χ4v) is 3.05. The summed E-state index contributed by atoms with van der Waals surface area (Å²) in [6.45, 7) is 0.491. The summed E-state index contributed by atoms with van der Waals surface area (Å²) < 4.78 is 6.02. The zero-order valence-electron chi connectivity index (χ0n) is 12.3. The number of carbonyl (C=O) groups excluding carboxylic acids is 1. The molecule has 0 N–H and O–H groups in total. The van der Waals surface area contributed by atoms with Crippen molar-refractivity contribution in [3.8, 4) is 5.75 Å². The molecular formula is C16H13BrN2O4. The molecule has 1 aliphatic heterocycles. The van der Waals surface area contributed by atoms with Crippen molar-refractivity contribution in [3.05, 3.63) is 62.1 Å². The van der Waals surface area contributed by atoms with Gasteiger partial charge in [-0.25, -0.2) is 0 Å². The highest BCUT2D eigenvalue weighted by molar-refractivity contribution is 9.10. The summed E-state index contributed by atoms with van der Waals surface area (Å²) in [5.41, 5.74) is 1.91. The SMILES string of the molecule is COc1ccc(Br)cc1C(=O)N1CCc2ccc([N+](=O)[O-])cc21. The maximum Gasteiger partial charge on any atom is 0.271 e. The third kappa shape index (κ3) is 2.79. The normalized spacial score (nSPS) is 12.9. The van der Waals surface area contributed by atoms with E-state index < -0.39 is 4.92 Å². The molecule has 0 atom stereocenters. The molecule has 0 unspecified atom stereocenters. The van der Waals surface area contributed by atoms with E-state index >= 15 is 0 Å². The predicted octanol–water partition coefficient (Wildman–Crippen LogP) is 3.57. The van der Waals surface area contributed by atoms with Crippen LogP contribution in [0.25, 0.3) is 0 Å². The number of ether oxygens (including phenoxy) is 1. The average molecular weight is 377 g/mol. The smallest absolute Gasteiger partial charge is 0.271 e. The van der Waals surface area contributed by atoms with Crippen LogP contribution in [-0.4, -0.2) is 24.5 Å². The molecule has 0 spiro atoms. The molecule has 0 aliphatic carbocycles. The zero-order valence-corrected chi connectivity index (χ0v) is 13.9. The molecule has 0 saturated heterocycles. The summed E-state index contributed by atoms with van der Waals surface area (Å²) in [7, 11) is 1.50. The van der Waals surface area contributed by atoms with Gasteiger partial charge in [0.05, 0.1) is 23.3 Å². The zero-order chi connectivity index (χ0) is 16.6. The van der Waals surface area contributed by atoms with Crippen LogP contribution in [0.5, 0.6) is 5.75 Å². The van der Waals surface area contributed by atoms with Crippen LogP contribution < -0.4 is 9.64 Å². The molecule has 0 radical (unpaired) electrons. The Morgan fingerprint density at radius 2 is 2.09 bits per heavy atom. The highest BCUT2D eigenvalue weighted by Crippen LogP contribution is 2.34. The first-order valence-corrected chi connectivity index (χ1v) is 7.73. The first-order valence-electron chi connectivity index (χ1n) is 6.94. The molecule has 1 aliphatic rings. The molecule has 3 rings (SSSR count). The fraction of sp³-hybridized carbons (Fsp3) is 0.188. The molecule has 7 heteroatoms. The van der Waals surface area contributed by atoms with E-state index in [1.807, 2.05) is 0 Å². The Labute approximate surface area is 140 Å². The van der Waals surface area contributed by atoms with Crippen molar-refractivity contribution in [1.29, 1.82) is 0 Å². The first kappa shape index (κ1) is 15.5. The third-order valence-corrected chi connectivity index (χ3v) is 4.31. The van der Waals surface area contributed by atoms with Gasteiger partial charge in [0.15, 0.2) is 0 Å². The second-order valence-electron chi connectivity index (χ2n) is 5.12. The van der Waals surface area contributed by atoms with Crippen LogP contribution in [0.1, 0.15) is 15.9 Å². The van der Waals surface area contributed by atoms with Crippen molar-refractivity contribution < 1.29 is 14.5 Å². The molecule has 6 nitrogen and oxygen atoms in total. The average Bonchev–Trinajstić information content (AvgIpc) is 2.97. The van der Waals surface area contributed by atoms with Crippen LogP contribution in [0.3, 0.4) is 0 Å². The number of non-ortho nitro benzene ring substituents is 1. The van der Waals surface area contributed by atoms with E-state index in [1.54, 1.807) is 29.2 Å². The maximum atomic E-state index is 12.9.